The SMILES string of the molecule is CC(C)N1C(=O)N(c2ccccc2)CS/C1=N\C(C)(C)C.O=C(NC(=O)c1c(F)cccc1F)Nc1cc(C(F)(F)F)cc(C(F)(F)F)c1Cl.O=C(NC(=O)c1c(F)cccc1F)Nc1cc(Cl)c(Oc2ncc(C(F)(F)F)cc2Cl)c(Cl)c1. The van der Waals surface area contributed by atoms with Crippen LogP contribution in [-0.4, -0.2) is 62.4 Å². The lowest BCUT2D eigenvalue weighted by molar-refractivity contribution is -0.143. The van der Waals surface area contributed by atoms with Gasteiger partial charge in [0.15, 0.2) is 10.9 Å². The molecule has 6 aromatic rings. The summed E-state index contributed by atoms with van der Waals surface area (Å²) in [7, 11) is 0. The van der Waals surface area contributed by atoms with E-state index in [0.29, 0.717) is 30.3 Å². The number of hydrogen-bond acceptors (Lipinski definition) is 9. The maximum absolute atomic E-state index is 13.7. The summed E-state index contributed by atoms with van der Waals surface area (Å²) in [5.41, 5.74) is -7.38. The van der Waals surface area contributed by atoms with Gasteiger partial charge in [-0.2, -0.15) is 39.5 Å². The standard InChI is InChI=1S/C20H9Cl3F5N3O3.C16H7ClF8N2O2.C16H23N3OS/c21-10-5-9(30-19(33)31-17(32)15-13(24)2-1-3-14(15)25)6-11(22)16(10)34-18-12(23)4-8(7-29-18)20(26,27)28;17-12-7(16(23,24)25)4-6(15(20,21)22)5-10(12)26-14(29)27-13(28)11-8(18)2-1-3-9(11)19;1-12(2)19-14(17-16(3,4)5)21-11-18(15(19)20)13-9-7-6-8-10-13/h1-7H,(H2,30,31,32,33);1-5H,(H2,26,27,28,29);6-10,12H,11H2,1-5H3/b;;17-14-. The Morgan fingerprint density at radius 3 is 1.57 bits per heavy atom. The fraction of sp³-hybridized carbons (Fsp3) is 0.212. The van der Waals surface area contributed by atoms with E-state index >= 15 is 0 Å². The van der Waals surface area contributed by atoms with Crippen LogP contribution < -0.4 is 30.9 Å². The van der Waals surface area contributed by atoms with Crippen LogP contribution in [0, 0.1) is 23.3 Å². The first kappa shape index (κ1) is 67.3. The highest BCUT2D eigenvalue weighted by Gasteiger charge is 2.40. The summed E-state index contributed by atoms with van der Waals surface area (Å²) in [6.45, 7) is 10.2. The first-order valence-electron chi connectivity index (χ1n) is 23.3. The zero-order chi connectivity index (χ0) is 63.0. The lowest BCUT2D eigenvalue weighted by Gasteiger charge is -2.38. The Bertz CT molecular complexity index is 3440. The molecule has 0 spiro atoms. The van der Waals surface area contributed by atoms with Gasteiger partial charge in [-0.25, -0.2) is 36.9 Å². The monoisotopic (exact) mass is 1290 g/mol. The van der Waals surface area contributed by atoms with E-state index < -0.39 is 115 Å². The molecule has 4 N–H and O–H groups in total. The molecule has 1 fully saturated rings. The zero-order valence-corrected chi connectivity index (χ0v) is 47.0. The number of carbonyl (C=O) groups is 5. The number of amides is 8. The molecule has 0 unspecified atom stereocenters. The molecule has 14 nitrogen and oxygen atoms in total. The van der Waals surface area contributed by atoms with E-state index in [1.165, 1.54) is 10.6 Å². The normalized spacial score (nSPS) is 13.3. The summed E-state index contributed by atoms with van der Waals surface area (Å²) < 4.78 is 175. The number of alkyl halides is 9. The van der Waals surface area contributed by atoms with Crippen molar-refractivity contribution in [2.75, 3.05) is 21.4 Å². The molecule has 5 aromatic carbocycles. The van der Waals surface area contributed by atoms with E-state index in [0.717, 1.165) is 47.3 Å². The molecule has 8 amide bonds. The second kappa shape index (κ2) is 27.5. The second-order valence-electron chi connectivity index (χ2n) is 18.1. The second-order valence-corrected chi connectivity index (χ2v) is 20.6. The predicted molar refractivity (Wildman–Crippen MR) is 289 cm³/mol. The van der Waals surface area contributed by atoms with Gasteiger partial charge in [-0.3, -0.25) is 35.0 Å². The minimum absolute atomic E-state index is 0.00190. The highest BCUT2D eigenvalue weighted by molar-refractivity contribution is 8.14. The highest BCUT2D eigenvalue weighted by atomic mass is 35.5. The quantitative estimate of drug-likeness (QED) is 0.109. The molecule has 448 valence electrons. The van der Waals surface area contributed by atoms with Crippen LogP contribution >= 0.6 is 58.2 Å². The number of anilines is 3. The van der Waals surface area contributed by atoms with Crippen molar-refractivity contribution in [2.24, 2.45) is 4.99 Å². The number of para-hydroxylation sites is 1. The van der Waals surface area contributed by atoms with Crippen LogP contribution in [0.1, 0.15) is 72.0 Å². The van der Waals surface area contributed by atoms with Crippen LogP contribution in [0.25, 0.3) is 0 Å². The van der Waals surface area contributed by atoms with Crippen molar-refractivity contribution in [3.63, 3.8) is 0 Å². The topological polar surface area (TPSA) is 174 Å². The van der Waals surface area contributed by atoms with Gasteiger partial charge < -0.3 is 15.4 Å². The number of carbonyl (C=O) groups excluding carboxylic acids is 5. The molecule has 7 rings (SSSR count). The van der Waals surface area contributed by atoms with Crippen LogP contribution in [0.3, 0.4) is 0 Å². The number of nitrogens with one attached hydrogen (secondary N) is 4. The molecule has 0 saturated carbocycles. The Kier molecular flexibility index (Phi) is 22.0. The molecule has 84 heavy (non-hydrogen) atoms. The van der Waals surface area contributed by atoms with Crippen LogP contribution in [0.5, 0.6) is 11.6 Å². The van der Waals surface area contributed by atoms with Crippen molar-refractivity contribution in [2.45, 2.75) is 64.7 Å². The number of halogens is 17. The lowest BCUT2D eigenvalue weighted by atomic mass is 10.1. The van der Waals surface area contributed by atoms with Crippen molar-refractivity contribution in [1.29, 1.82) is 0 Å². The molecule has 32 heteroatoms. The fourth-order valence-electron chi connectivity index (χ4n) is 6.71. The number of rotatable bonds is 8. The molecule has 0 atom stereocenters. The number of thioether (sulfide) groups is 1. The molecule has 2 heterocycles. The van der Waals surface area contributed by atoms with Gasteiger partial charge >= 0.3 is 36.6 Å². The number of aliphatic imine (C=N–C) groups is 1. The minimum atomic E-state index is -5.29. The average molecular weight is 1290 g/mol. The molecule has 1 aliphatic heterocycles. The third-order valence-corrected chi connectivity index (χ3v) is 12.5. The Balaban J connectivity index is 0.000000237. The van der Waals surface area contributed by atoms with Crippen LogP contribution in [0.2, 0.25) is 20.1 Å². The van der Waals surface area contributed by atoms with Crippen molar-refractivity contribution in [3.8, 4) is 11.6 Å². The largest absolute Gasteiger partial charge is 0.434 e. The van der Waals surface area contributed by atoms with Crippen molar-refractivity contribution >= 4 is 110 Å². The Hall–Kier alpha value is -7.53. The number of nitrogens with zero attached hydrogens (tertiary/aromatic N) is 4. The van der Waals surface area contributed by atoms with Gasteiger partial charge in [0.25, 0.3) is 11.8 Å². The summed E-state index contributed by atoms with van der Waals surface area (Å²) in [5.74, 6) is -8.09. The van der Waals surface area contributed by atoms with Crippen LogP contribution in [0.15, 0.2) is 108 Å². The Morgan fingerprint density at radius 2 is 1.13 bits per heavy atom. The molecular weight excluding hydrogens is 1250 g/mol. The summed E-state index contributed by atoms with van der Waals surface area (Å²) in [6.07, 6.45) is -14.7. The van der Waals surface area contributed by atoms with Crippen molar-refractivity contribution in [3.05, 3.63) is 174 Å². The van der Waals surface area contributed by atoms with E-state index in [1.54, 1.807) is 26.9 Å². The van der Waals surface area contributed by atoms with Gasteiger partial charge in [-0.05, 0) is 101 Å². The van der Waals surface area contributed by atoms with Crippen molar-refractivity contribution < 1.29 is 85.8 Å². The third kappa shape index (κ3) is 18.0. The summed E-state index contributed by atoms with van der Waals surface area (Å²) >= 11 is 25.0. The van der Waals surface area contributed by atoms with Gasteiger partial charge in [-0.1, -0.05) is 88.5 Å². The average Bonchev–Trinajstić information content (AvgIpc) is 1.88. The fourth-order valence-corrected chi connectivity index (χ4v) is 9.01. The summed E-state index contributed by atoms with van der Waals surface area (Å²) in [4.78, 5) is 72.2. The molecule has 0 aliphatic carbocycles. The first-order chi connectivity index (χ1) is 38.9. The first-order valence-corrected chi connectivity index (χ1v) is 25.8. The maximum Gasteiger partial charge on any atom is 0.417 e. The molecule has 1 saturated heterocycles. The van der Waals surface area contributed by atoms with Crippen LogP contribution in [-0.2, 0) is 18.5 Å². The van der Waals surface area contributed by atoms with Gasteiger partial charge in [0.2, 0.25) is 5.88 Å². The summed E-state index contributed by atoms with van der Waals surface area (Å²) in [5, 5.41) is 5.45. The summed E-state index contributed by atoms with van der Waals surface area (Å²) in [6, 6.07) is 14.7. The number of aromatic nitrogens is 1. The Labute approximate surface area is 491 Å². The number of hydrogen-bond donors (Lipinski definition) is 4. The minimum Gasteiger partial charge on any atom is -0.434 e. The van der Waals surface area contributed by atoms with E-state index in [1.807, 2.05) is 65.0 Å². The number of benzene rings is 5. The number of pyridine rings is 1. The van der Waals surface area contributed by atoms with E-state index in [9.17, 15) is 81.0 Å². The highest BCUT2D eigenvalue weighted by Crippen LogP contribution is 2.44. The molecule has 1 aliphatic rings. The van der Waals surface area contributed by atoms with E-state index in [4.69, 9.17) is 56.1 Å². The Morgan fingerprint density at radius 1 is 0.643 bits per heavy atom. The molecule has 1 aromatic heterocycles. The van der Waals surface area contributed by atoms with Gasteiger partial charge in [0, 0.05) is 23.6 Å². The lowest BCUT2D eigenvalue weighted by Crippen LogP contribution is -2.53. The molecular formula is C52H39Cl4F13N8O6S. The number of ether oxygens (including phenoxy) is 1. The van der Waals surface area contributed by atoms with E-state index in [-0.39, 0.29) is 51.2 Å². The predicted octanol–water partition coefficient (Wildman–Crippen LogP) is 16.9. The van der Waals surface area contributed by atoms with Gasteiger partial charge in [0.05, 0.1) is 48.9 Å². The number of amidine groups is 1. The van der Waals surface area contributed by atoms with Gasteiger partial charge in [-0.15, -0.1) is 0 Å². The smallest absolute Gasteiger partial charge is 0.417 e. The molecule has 0 radical (unpaired) electrons. The van der Waals surface area contributed by atoms with Crippen LogP contribution in [0.4, 0.5) is 88.5 Å². The zero-order valence-electron chi connectivity index (χ0n) is 43.2. The van der Waals surface area contributed by atoms with E-state index in [2.05, 4.69) is 10.3 Å². The molecule has 0 bridgehead atoms. The number of urea groups is 3. The third-order valence-electron chi connectivity index (χ3n) is 10.4. The maximum atomic E-state index is 13.7. The number of imide groups is 2. The van der Waals surface area contributed by atoms with Gasteiger partial charge in [0.1, 0.15) is 39.4 Å². The van der Waals surface area contributed by atoms with Crippen molar-refractivity contribution in [1.82, 2.24) is 20.5 Å².